The molecule has 1 heterocycles. The Labute approximate surface area is 81.0 Å². The molecule has 0 fully saturated rings. The van der Waals surface area contributed by atoms with Gasteiger partial charge in [-0.1, -0.05) is 0 Å². The fraction of sp³-hybridized carbons (Fsp3) is 0.500. The Hall–Kier alpha value is -1.56. The van der Waals surface area contributed by atoms with Crippen LogP contribution in [0.2, 0.25) is 0 Å². The second-order valence-corrected chi connectivity index (χ2v) is 3.14. The number of aliphatic hydroxyl groups excluding tert-OH is 1. The van der Waals surface area contributed by atoms with Crippen LogP contribution in [0.3, 0.4) is 0 Å². The zero-order valence-corrected chi connectivity index (χ0v) is 7.84. The molecule has 1 aromatic heterocycles. The Morgan fingerprint density at radius 3 is 2.86 bits per heavy atom. The molecule has 1 unspecified atom stereocenters. The Bertz CT molecular complexity index is 333. The summed E-state index contributed by atoms with van der Waals surface area (Å²) in [5, 5.41) is 21.4. The number of carboxylic acids is 1. The van der Waals surface area contributed by atoms with Crippen LogP contribution in [0.4, 0.5) is 5.69 Å². The lowest BCUT2D eigenvalue weighted by atomic mass is 10.3. The Kier molecular flexibility index (Phi) is 3.08. The SMILES string of the molecule is CC(O)CCn1cc(N)c(C(=O)O)n1. The van der Waals surface area contributed by atoms with Crippen molar-refractivity contribution in [1.29, 1.82) is 0 Å². The molecule has 6 heteroatoms. The number of aromatic nitrogens is 2. The summed E-state index contributed by atoms with van der Waals surface area (Å²) in [5.74, 6) is -1.14. The van der Waals surface area contributed by atoms with Gasteiger partial charge in [-0.2, -0.15) is 5.10 Å². The summed E-state index contributed by atoms with van der Waals surface area (Å²) in [5.41, 5.74) is 5.42. The number of nitrogens with two attached hydrogens (primary N) is 1. The smallest absolute Gasteiger partial charge is 0.358 e. The van der Waals surface area contributed by atoms with Gasteiger partial charge >= 0.3 is 5.97 Å². The molecule has 1 atom stereocenters. The second kappa shape index (κ2) is 4.10. The van der Waals surface area contributed by atoms with Crippen LogP contribution in [0.15, 0.2) is 6.20 Å². The monoisotopic (exact) mass is 199 g/mol. The van der Waals surface area contributed by atoms with E-state index in [2.05, 4.69) is 5.10 Å². The third-order valence-electron chi connectivity index (χ3n) is 1.77. The van der Waals surface area contributed by atoms with Gasteiger partial charge in [-0.25, -0.2) is 4.79 Å². The van der Waals surface area contributed by atoms with Crippen molar-refractivity contribution in [2.75, 3.05) is 5.73 Å². The minimum Gasteiger partial charge on any atom is -0.476 e. The molecule has 4 N–H and O–H groups in total. The third-order valence-corrected chi connectivity index (χ3v) is 1.77. The van der Waals surface area contributed by atoms with Gasteiger partial charge < -0.3 is 15.9 Å². The quantitative estimate of drug-likeness (QED) is 0.630. The molecule has 14 heavy (non-hydrogen) atoms. The lowest BCUT2D eigenvalue weighted by molar-refractivity contribution is 0.0690. The second-order valence-electron chi connectivity index (χ2n) is 3.14. The maximum absolute atomic E-state index is 10.6. The molecule has 0 aliphatic rings. The molecule has 0 aliphatic carbocycles. The van der Waals surface area contributed by atoms with E-state index in [9.17, 15) is 4.79 Å². The highest BCUT2D eigenvalue weighted by molar-refractivity contribution is 5.91. The molecule has 0 aliphatic heterocycles. The van der Waals surface area contributed by atoms with E-state index in [1.165, 1.54) is 10.9 Å². The first-order chi connectivity index (χ1) is 6.50. The molecule has 1 aromatic rings. The van der Waals surface area contributed by atoms with E-state index in [0.29, 0.717) is 13.0 Å². The van der Waals surface area contributed by atoms with Crippen molar-refractivity contribution in [3.05, 3.63) is 11.9 Å². The van der Waals surface area contributed by atoms with E-state index in [-0.39, 0.29) is 11.4 Å². The minimum atomic E-state index is -1.14. The number of carbonyl (C=O) groups is 1. The van der Waals surface area contributed by atoms with Gasteiger partial charge in [-0.3, -0.25) is 4.68 Å². The Morgan fingerprint density at radius 1 is 1.79 bits per heavy atom. The average Bonchev–Trinajstić information content (AvgIpc) is 2.43. The van der Waals surface area contributed by atoms with Crippen molar-refractivity contribution in [1.82, 2.24) is 9.78 Å². The summed E-state index contributed by atoms with van der Waals surface area (Å²) in [7, 11) is 0. The summed E-state index contributed by atoms with van der Waals surface area (Å²) in [4.78, 5) is 10.6. The molecule has 0 bridgehead atoms. The standard InChI is InChI=1S/C8H13N3O3/c1-5(12)2-3-11-4-6(9)7(10-11)8(13)14/h4-5,12H,2-3,9H2,1H3,(H,13,14). The fourth-order valence-corrected chi connectivity index (χ4v) is 1.04. The van der Waals surface area contributed by atoms with Gasteiger partial charge in [0.1, 0.15) is 0 Å². The predicted molar refractivity (Wildman–Crippen MR) is 49.9 cm³/mol. The summed E-state index contributed by atoms with van der Waals surface area (Å²) in [6.45, 7) is 2.11. The van der Waals surface area contributed by atoms with Crippen molar-refractivity contribution in [2.45, 2.75) is 26.0 Å². The van der Waals surface area contributed by atoms with E-state index in [4.69, 9.17) is 15.9 Å². The molecule has 0 saturated carbocycles. The van der Waals surface area contributed by atoms with Crippen LogP contribution < -0.4 is 5.73 Å². The number of aromatic carboxylic acids is 1. The summed E-state index contributed by atoms with van der Waals surface area (Å²) >= 11 is 0. The third kappa shape index (κ3) is 2.46. The van der Waals surface area contributed by atoms with E-state index < -0.39 is 12.1 Å². The number of nitrogen functional groups attached to an aromatic ring is 1. The van der Waals surface area contributed by atoms with Crippen LogP contribution in [-0.2, 0) is 6.54 Å². The molecule has 0 saturated heterocycles. The molecule has 1 rings (SSSR count). The number of hydrogen-bond donors (Lipinski definition) is 3. The molecule has 0 aromatic carbocycles. The first-order valence-electron chi connectivity index (χ1n) is 4.25. The van der Waals surface area contributed by atoms with Crippen molar-refractivity contribution in [3.8, 4) is 0 Å². The fourth-order valence-electron chi connectivity index (χ4n) is 1.04. The summed E-state index contributed by atoms with van der Waals surface area (Å²) in [6, 6.07) is 0. The summed E-state index contributed by atoms with van der Waals surface area (Å²) < 4.78 is 1.42. The zero-order valence-electron chi connectivity index (χ0n) is 7.84. The van der Waals surface area contributed by atoms with Gasteiger partial charge in [0.2, 0.25) is 0 Å². The normalized spacial score (nSPS) is 12.7. The number of anilines is 1. The van der Waals surface area contributed by atoms with Crippen LogP contribution >= 0.6 is 0 Å². The van der Waals surface area contributed by atoms with Crippen molar-refractivity contribution < 1.29 is 15.0 Å². The highest BCUT2D eigenvalue weighted by Crippen LogP contribution is 2.09. The molecule has 78 valence electrons. The Morgan fingerprint density at radius 2 is 2.43 bits per heavy atom. The van der Waals surface area contributed by atoms with Gasteiger partial charge in [0.15, 0.2) is 5.69 Å². The molecule has 0 amide bonds. The van der Waals surface area contributed by atoms with Gasteiger partial charge in [0.25, 0.3) is 0 Å². The van der Waals surface area contributed by atoms with Crippen LogP contribution in [0.1, 0.15) is 23.8 Å². The zero-order chi connectivity index (χ0) is 10.7. The van der Waals surface area contributed by atoms with E-state index in [1.807, 2.05) is 0 Å². The molecule has 6 nitrogen and oxygen atoms in total. The highest BCUT2D eigenvalue weighted by atomic mass is 16.4. The van der Waals surface area contributed by atoms with Crippen molar-refractivity contribution in [3.63, 3.8) is 0 Å². The van der Waals surface area contributed by atoms with Gasteiger partial charge in [-0.05, 0) is 13.3 Å². The number of aryl methyl sites for hydroxylation is 1. The van der Waals surface area contributed by atoms with Crippen LogP contribution in [0, 0.1) is 0 Å². The molecule has 0 radical (unpaired) electrons. The molecular formula is C8H13N3O3. The van der Waals surface area contributed by atoms with E-state index in [1.54, 1.807) is 6.92 Å². The first-order valence-corrected chi connectivity index (χ1v) is 4.25. The van der Waals surface area contributed by atoms with Crippen molar-refractivity contribution >= 4 is 11.7 Å². The maximum Gasteiger partial charge on any atom is 0.358 e. The number of rotatable bonds is 4. The Balaban J connectivity index is 2.71. The van der Waals surface area contributed by atoms with Crippen molar-refractivity contribution in [2.24, 2.45) is 0 Å². The van der Waals surface area contributed by atoms with Gasteiger partial charge in [-0.15, -0.1) is 0 Å². The van der Waals surface area contributed by atoms with Crippen LogP contribution in [0.25, 0.3) is 0 Å². The van der Waals surface area contributed by atoms with E-state index in [0.717, 1.165) is 0 Å². The van der Waals surface area contributed by atoms with E-state index >= 15 is 0 Å². The number of nitrogens with zero attached hydrogens (tertiary/aromatic N) is 2. The molecule has 0 spiro atoms. The minimum absolute atomic E-state index is 0.142. The van der Waals surface area contributed by atoms with Crippen LogP contribution in [0.5, 0.6) is 0 Å². The number of aliphatic hydroxyl groups is 1. The highest BCUT2D eigenvalue weighted by Gasteiger charge is 2.12. The largest absolute Gasteiger partial charge is 0.476 e. The number of carboxylic acid groups (broad SMARTS) is 1. The van der Waals surface area contributed by atoms with Crippen LogP contribution in [-0.4, -0.2) is 32.1 Å². The first kappa shape index (κ1) is 10.5. The summed E-state index contributed by atoms with van der Waals surface area (Å²) in [6.07, 6.45) is 1.53. The maximum atomic E-state index is 10.6. The predicted octanol–water partition coefficient (Wildman–Crippen LogP) is -0.0656. The lowest BCUT2D eigenvalue weighted by Crippen LogP contribution is -2.08. The lowest BCUT2D eigenvalue weighted by Gasteiger charge is -2.02. The van der Waals surface area contributed by atoms with Gasteiger partial charge in [0.05, 0.1) is 11.8 Å². The molecular weight excluding hydrogens is 186 g/mol. The number of hydrogen-bond acceptors (Lipinski definition) is 4. The topological polar surface area (TPSA) is 101 Å². The van der Waals surface area contributed by atoms with Gasteiger partial charge in [0, 0.05) is 12.7 Å². The average molecular weight is 199 g/mol.